The van der Waals surface area contributed by atoms with Gasteiger partial charge in [-0.2, -0.15) is 16.9 Å². The van der Waals surface area contributed by atoms with Crippen LogP contribution in [0.2, 0.25) is 0 Å². The van der Waals surface area contributed by atoms with Crippen molar-refractivity contribution in [3.63, 3.8) is 0 Å². The topological polar surface area (TPSA) is 59.8 Å². The summed E-state index contributed by atoms with van der Waals surface area (Å²) in [6, 6.07) is 8.03. The van der Waals surface area contributed by atoms with E-state index in [9.17, 15) is 4.79 Å². The van der Waals surface area contributed by atoms with Gasteiger partial charge in [0.25, 0.3) is 0 Å². The molecule has 1 aromatic heterocycles. The highest BCUT2D eigenvalue weighted by molar-refractivity contribution is 7.99. The lowest BCUT2D eigenvalue weighted by molar-refractivity contribution is -0.120. The third-order valence-corrected chi connectivity index (χ3v) is 4.01. The molecule has 106 valence electrons. The van der Waals surface area contributed by atoms with Crippen molar-refractivity contribution >= 4 is 17.7 Å². The van der Waals surface area contributed by atoms with Gasteiger partial charge in [-0.25, -0.2) is 9.67 Å². The second-order valence-corrected chi connectivity index (χ2v) is 5.64. The predicted molar refractivity (Wildman–Crippen MR) is 80.4 cm³/mol. The Morgan fingerprint density at radius 3 is 2.80 bits per heavy atom. The molecular formula is C14H18N4OS. The second-order valence-electron chi connectivity index (χ2n) is 4.46. The van der Waals surface area contributed by atoms with E-state index in [1.807, 2.05) is 37.4 Å². The molecule has 0 aliphatic carbocycles. The minimum Gasteiger partial charge on any atom is -0.351 e. The standard InChI is InChI=1S/C14H18N4OS/c1-11(20-2)14(19)16-7-12-5-3-4-6-13(12)8-18-10-15-9-17-18/h3-6,9-11H,7-8H2,1-2H3,(H,16,19)/t11-/m1/s1. The summed E-state index contributed by atoms with van der Waals surface area (Å²) in [5, 5.41) is 7.04. The van der Waals surface area contributed by atoms with E-state index in [0.717, 1.165) is 11.1 Å². The molecular weight excluding hydrogens is 272 g/mol. The summed E-state index contributed by atoms with van der Waals surface area (Å²) in [5.41, 5.74) is 2.24. The average molecular weight is 290 g/mol. The molecule has 0 unspecified atom stereocenters. The van der Waals surface area contributed by atoms with E-state index in [1.54, 1.807) is 22.8 Å². The lowest BCUT2D eigenvalue weighted by Gasteiger charge is -2.12. The van der Waals surface area contributed by atoms with Crippen LogP contribution >= 0.6 is 11.8 Å². The molecule has 1 heterocycles. The Kier molecular flexibility index (Phi) is 5.17. The van der Waals surface area contributed by atoms with Gasteiger partial charge in [0.1, 0.15) is 12.7 Å². The first kappa shape index (κ1) is 14.6. The van der Waals surface area contributed by atoms with Crippen molar-refractivity contribution in [1.29, 1.82) is 0 Å². The third-order valence-electron chi connectivity index (χ3n) is 3.09. The maximum atomic E-state index is 11.8. The van der Waals surface area contributed by atoms with E-state index < -0.39 is 0 Å². The third kappa shape index (κ3) is 3.84. The van der Waals surface area contributed by atoms with Crippen LogP contribution in [0.1, 0.15) is 18.1 Å². The minimum atomic E-state index is -0.0301. The van der Waals surface area contributed by atoms with Crippen molar-refractivity contribution < 1.29 is 4.79 Å². The highest BCUT2D eigenvalue weighted by Crippen LogP contribution is 2.11. The lowest BCUT2D eigenvalue weighted by atomic mass is 10.1. The van der Waals surface area contributed by atoms with Gasteiger partial charge in [-0.1, -0.05) is 24.3 Å². The van der Waals surface area contributed by atoms with Gasteiger partial charge in [0, 0.05) is 6.54 Å². The molecule has 0 bridgehead atoms. The first-order chi connectivity index (χ1) is 9.70. The highest BCUT2D eigenvalue weighted by atomic mass is 32.2. The Hall–Kier alpha value is -1.82. The van der Waals surface area contributed by atoms with Gasteiger partial charge < -0.3 is 5.32 Å². The van der Waals surface area contributed by atoms with Crippen LogP contribution < -0.4 is 5.32 Å². The quantitative estimate of drug-likeness (QED) is 0.879. The number of aromatic nitrogens is 3. The Labute approximate surface area is 122 Å². The largest absolute Gasteiger partial charge is 0.351 e. The summed E-state index contributed by atoms with van der Waals surface area (Å²) in [7, 11) is 0. The summed E-state index contributed by atoms with van der Waals surface area (Å²) in [4.78, 5) is 15.8. The van der Waals surface area contributed by atoms with Crippen molar-refractivity contribution in [3.8, 4) is 0 Å². The van der Waals surface area contributed by atoms with E-state index in [4.69, 9.17) is 0 Å². The number of carbonyl (C=O) groups is 1. The number of nitrogens with zero attached hydrogens (tertiary/aromatic N) is 3. The molecule has 0 spiro atoms. The van der Waals surface area contributed by atoms with Gasteiger partial charge >= 0.3 is 0 Å². The van der Waals surface area contributed by atoms with Crippen LogP contribution in [-0.2, 0) is 17.9 Å². The van der Waals surface area contributed by atoms with Crippen LogP contribution in [0.4, 0.5) is 0 Å². The number of hydrogen-bond donors (Lipinski definition) is 1. The van der Waals surface area contributed by atoms with Crippen molar-refractivity contribution in [3.05, 3.63) is 48.0 Å². The summed E-state index contributed by atoms with van der Waals surface area (Å²) in [6.45, 7) is 3.10. The van der Waals surface area contributed by atoms with Crippen LogP contribution in [0.15, 0.2) is 36.9 Å². The van der Waals surface area contributed by atoms with E-state index in [2.05, 4.69) is 15.4 Å². The molecule has 0 aliphatic rings. The Morgan fingerprint density at radius 2 is 2.15 bits per heavy atom. The molecule has 1 atom stereocenters. The SMILES string of the molecule is CS[C@H](C)C(=O)NCc1ccccc1Cn1cncn1. The zero-order valence-electron chi connectivity index (χ0n) is 11.6. The first-order valence-corrected chi connectivity index (χ1v) is 7.69. The Balaban J connectivity index is 2.03. The molecule has 0 fully saturated rings. The van der Waals surface area contributed by atoms with E-state index >= 15 is 0 Å². The zero-order chi connectivity index (χ0) is 14.4. The van der Waals surface area contributed by atoms with Gasteiger partial charge in [0.15, 0.2) is 0 Å². The normalized spacial score (nSPS) is 12.1. The molecule has 0 saturated heterocycles. The number of nitrogens with one attached hydrogen (secondary N) is 1. The number of benzene rings is 1. The van der Waals surface area contributed by atoms with Gasteiger partial charge in [-0.05, 0) is 24.3 Å². The fourth-order valence-electron chi connectivity index (χ4n) is 1.81. The van der Waals surface area contributed by atoms with Crippen LogP contribution in [0.5, 0.6) is 0 Å². The molecule has 0 radical (unpaired) electrons. The van der Waals surface area contributed by atoms with Crippen molar-refractivity contribution in [2.45, 2.75) is 25.3 Å². The molecule has 0 saturated carbocycles. The predicted octanol–water partition coefficient (Wildman–Crippen LogP) is 1.69. The van der Waals surface area contributed by atoms with Gasteiger partial charge in [0.05, 0.1) is 11.8 Å². The van der Waals surface area contributed by atoms with Gasteiger partial charge in [0.2, 0.25) is 5.91 Å². The minimum absolute atomic E-state index is 0.0301. The molecule has 6 heteroatoms. The first-order valence-electron chi connectivity index (χ1n) is 6.40. The zero-order valence-corrected chi connectivity index (χ0v) is 12.4. The summed E-state index contributed by atoms with van der Waals surface area (Å²) < 4.78 is 1.77. The molecule has 1 N–H and O–H groups in total. The number of carbonyl (C=O) groups excluding carboxylic acids is 1. The van der Waals surface area contributed by atoms with Gasteiger partial charge in [-0.3, -0.25) is 4.79 Å². The Bertz CT molecular complexity index is 556. The molecule has 1 aromatic carbocycles. The van der Waals surface area contributed by atoms with Crippen LogP contribution in [0.25, 0.3) is 0 Å². The van der Waals surface area contributed by atoms with Crippen molar-refractivity contribution in [2.75, 3.05) is 6.26 Å². The fraction of sp³-hybridized carbons (Fsp3) is 0.357. The molecule has 2 rings (SSSR count). The molecule has 1 amide bonds. The maximum absolute atomic E-state index is 11.8. The van der Waals surface area contributed by atoms with Crippen molar-refractivity contribution in [2.24, 2.45) is 0 Å². The van der Waals surface area contributed by atoms with E-state index in [1.165, 1.54) is 6.33 Å². The molecule has 0 aliphatic heterocycles. The number of amides is 1. The van der Waals surface area contributed by atoms with Crippen LogP contribution in [0, 0.1) is 0 Å². The highest BCUT2D eigenvalue weighted by Gasteiger charge is 2.11. The molecule has 20 heavy (non-hydrogen) atoms. The second kappa shape index (κ2) is 7.09. The number of thioether (sulfide) groups is 1. The number of hydrogen-bond acceptors (Lipinski definition) is 4. The molecule has 2 aromatic rings. The lowest BCUT2D eigenvalue weighted by Crippen LogP contribution is -2.30. The van der Waals surface area contributed by atoms with Crippen LogP contribution in [-0.4, -0.2) is 32.2 Å². The summed E-state index contributed by atoms with van der Waals surface area (Å²) in [5.74, 6) is 0.0630. The fourth-order valence-corrected chi connectivity index (χ4v) is 2.10. The van der Waals surface area contributed by atoms with Gasteiger partial charge in [-0.15, -0.1) is 0 Å². The number of rotatable bonds is 6. The monoisotopic (exact) mass is 290 g/mol. The van der Waals surface area contributed by atoms with E-state index in [0.29, 0.717) is 13.1 Å². The average Bonchev–Trinajstić information content (AvgIpc) is 2.98. The van der Waals surface area contributed by atoms with Crippen LogP contribution in [0.3, 0.4) is 0 Å². The molecule has 5 nitrogen and oxygen atoms in total. The summed E-state index contributed by atoms with van der Waals surface area (Å²) >= 11 is 1.54. The Morgan fingerprint density at radius 1 is 1.40 bits per heavy atom. The smallest absolute Gasteiger partial charge is 0.233 e. The maximum Gasteiger partial charge on any atom is 0.233 e. The summed E-state index contributed by atoms with van der Waals surface area (Å²) in [6.07, 6.45) is 5.14. The van der Waals surface area contributed by atoms with E-state index in [-0.39, 0.29) is 11.2 Å². The van der Waals surface area contributed by atoms with Crippen molar-refractivity contribution in [1.82, 2.24) is 20.1 Å².